The van der Waals surface area contributed by atoms with Crippen molar-refractivity contribution in [3.05, 3.63) is 0 Å². The maximum Gasteiger partial charge on any atom is 0.505 e. The van der Waals surface area contributed by atoms with Crippen LogP contribution in [-0.4, -0.2) is 42.2 Å². The number of hydrogen-bond acceptors (Lipinski definition) is 4. The summed E-state index contributed by atoms with van der Waals surface area (Å²) in [5, 5.41) is 3.14. The molecular weight excluding hydrogens is 210 g/mol. The zero-order chi connectivity index (χ0) is 11.7. The molecule has 0 radical (unpaired) electrons. The Labute approximate surface area is 94.7 Å². The molecule has 1 atom stereocenters. The number of nitrogens with one attached hydrogen (secondary N) is 1. The molecule has 0 spiro atoms. The second kappa shape index (κ2) is 8.24. The highest BCUT2D eigenvalue weighted by Crippen LogP contribution is 2.24. The lowest BCUT2D eigenvalue weighted by atomic mass is 10.5. The van der Waals surface area contributed by atoms with Crippen molar-refractivity contribution in [3.63, 3.8) is 0 Å². The van der Waals surface area contributed by atoms with E-state index >= 15 is 0 Å². The van der Waals surface area contributed by atoms with Gasteiger partial charge in [0.2, 0.25) is 0 Å². The Morgan fingerprint density at radius 3 is 1.67 bits per heavy atom. The van der Waals surface area contributed by atoms with Gasteiger partial charge in [-0.3, -0.25) is 0 Å². The van der Waals surface area contributed by atoms with E-state index in [9.17, 15) is 0 Å². The van der Waals surface area contributed by atoms with Crippen LogP contribution in [0.2, 0.25) is 5.54 Å². The van der Waals surface area contributed by atoms with Crippen LogP contribution in [0.1, 0.15) is 27.7 Å². The van der Waals surface area contributed by atoms with Crippen molar-refractivity contribution in [2.45, 2.75) is 33.2 Å². The maximum atomic E-state index is 5.78. The molecule has 5 heteroatoms. The van der Waals surface area contributed by atoms with E-state index in [2.05, 4.69) is 12.2 Å². The monoisotopic (exact) mass is 235 g/mol. The van der Waals surface area contributed by atoms with Crippen molar-refractivity contribution in [1.82, 2.24) is 5.32 Å². The average Bonchev–Trinajstić information content (AvgIpc) is 2.19. The highest BCUT2D eigenvalue weighted by Gasteiger charge is 2.46. The summed E-state index contributed by atoms with van der Waals surface area (Å²) in [5.41, 5.74) is 0.280. The normalized spacial score (nSPS) is 14.2. The predicted octanol–water partition coefficient (Wildman–Crippen LogP) is 1.64. The summed E-state index contributed by atoms with van der Waals surface area (Å²) in [6, 6.07) is 0. The van der Waals surface area contributed by atoms with Crippen molar-refractivity contribution in [1.29, 1.82) is 0 Å². The molecule has 15 heavy (non-hydrogen) atoms. The first-order valence-corrected chi connectivity index (χ1v) is 7.53. The van der Waals surface area contributed by atoms with Gasteiger partial charge in [-0.2, -0.15) is 0 Å². The fourth-order valence-corrected chi connectivity index (χ4v) is 4.35. The van der Waals surface area contributed by atoms with Gasteiger partial charge in [0, 0.05) is 31.9 Å². The molecule has 0 amide bonds. The second-order valence-corrected chi connectivity index (χ2v) is 6.42. The number of hydrogen-bond donors (Lipinski definition) is 1. The summed E-state index contributed by atoms with van der Waals surface area (Å²) in [6.07, 6.45) is 0. The molecule has 0 saturated carbocycles. The predicted molar refractivity (Wildman–Crippen MR) is 64.0 cm³/mol. The van der Waals surface area contributed by atoms with Crippen molar-refractivity contribution in [2.24, 2.45) is 0 Å². The molecular formula is C10H25NO3Si. The Hall–Kier alpha value is 0.0569. The molecule has 0 bridgehead atoms. The number of rotatable bonds is 9. The molecule has 0 aromatic carbocycles. The third-order valence-corrected chi connectivity index (χ3v) is 5.63. The maximum absolute atomic E-state index is 5.78. The summed E-state index contributed by atoms with van der Waals surface area (Å²) in [6.45, 7) is 10.8. The molecule has 0 aromatic rings. The summed E-state index contributed by atoms with van der Waals surface area (Å²) in [5.74, 6) is 0. The lowest BCUT2D eigenvalue weighted by Crippen LogP contribution is -2.51. The third-order valence-electron chi connectivity index (χ3n) is 2.15. The topological polar surface area (TPSA) is 39.7 Å². The van der Waals surface area contributed by atoms with Gasteiger partial charge >= 0.3 is 8.80 Å². The molecule has 0 aromatic heterocycles. The van der Waals surface area contributed by atoms with E-state index < -0.39 is 8.80 Å². The first-order chi connectivity index (χ1) is 7.16. The molecule has 1 unspecified atom stereocenters. The van der Waals surface area contributed by atoms with Gasteiger partial charge in [-0.15, -0.1) is 0 Å². The summed E-state index contributed by atoms with van der Waals surface area (Å²) < 4.78 is 17.3. The van der Waals surface area contributed by atoms with Gasteiger partial charge in [0.1, 0.15) is 0 Å². The van der Waals surface area contributed by atoms with Crippen LogP contribution in [0.15, 0.2) is 0 Å². The molecule has 1 N–H and O–H groups in total. The van der Waals surface area contributed by atoms with Gasteiger partial charge in [0.25, 0.3) is 0 Å². The first kappa shape index (κ1) is 15.1. The van der Waals surface area contributed by atoms with Crippen LogP contribution in [0.4, 0.5) is 0 Å². The molecule has 0 aliphatic heterocycles. The van der Waals surface area contributed by atoms with E-state index in [-0.39, 0.29) is 5.54 Å². The SMILES string of the molecule is CCO[Si](OCC)(OCC)C(C)CNC. The highest BCUT2D eigenvalue weighted by atomic mass is 28.4. The van der Waals surface area contributed by atoms with E-state index in [1.54, 1.807) is 0 Å². The molecule has 0 aliphatic rings. The quantitative estimate of drug-likeness (QED) is 0.617. The van der Waals surface area contributed by atoms with Crippen LogP contribution in [0, 0.1) is 0 Å². The Kier molecular flexibility index (Phi) is 8.27. The van der Waals surface area contributed by atoms with Crippen LogP contribution in [0.3, 0.4) is 0 Å². The fourth-order valence-electron chi connectivity index (χ4n) is 1.59. The van der Waals surface area contributed by atoms with Crippen molar-refractivity contribution in [2.75, 3.05) is 33.4 Å². The van der Waals surface area contributed by atoms with Crippen LogP contribution in [0.5, 0.6) is 0 Å². The molecule has 92 valence electrons. The Balaban J connectivity index is 4.57. The molecule has 4 nitrogen and oxygen atoms in total. The van der Waals surface area contributed by atoms with E-state index in [0.29, 0.717) is 19.8 Å². The second-order valence-electron chi connectivity index (χ2n) is 3.36. The average molecular weight is 235 g/mol. The standard InChI is InChI=1S/C10H25NO3Si/c1-6-12-15(13-7-2,14-8-3)10(4)9-11-5/h10-11H,6-9H2,1-5H3. The first-order valence-electron chi connectivity index (χ1n) is 5.73. The molecule has 0 rings (SSSR count). The minimum atomic E-state index is -2.48. The highest BCUT2D eigenvalue weighted by molar-refractivity contribution is 6.62. The van der Waals surface area contributed by atoms with Crippen molar-refractivity contribution < 1.29 is 13.3 Å². The van der Waals surface area contributed by atoms with Gasteiger partial charge in [0.05, 0.1) is 0 Å². The minimum Gasteiger partial charge on any atom is -0.374 e. The molecule has 0 heterocycles. The third kappa shape index (κ3) is 4.61. The Morgan fingerprint density at radius 2 is 1.40 bits per heavy atom. The lowest BCUT2D eigenvalue weighted by molar-refractivity contribution is 0.0625. The van der Waals surface area contributed by atoms with Gasteiger partial charge in [-0.25, -0.2) is 0 Å². The lowest BCUT2D eigenvalue weighted by Gasteiger charge is -2.33. The van der Waals surface area contributed by atoms with Crippen molar-refractivity contribution in [3.8, 4) is 0 Å². The molecule has 0 saturated heterocycles. The van der Waals surface area contributed by atoms with E-state index in [4.69, 9.17) is 13.3 Å². The Bertz CT molecular complexity index is 141. The van der Waals surface area contributed by atoms with Gasteiger partial charge in [-0.05, 0) is 27.8 Å². The Morgan fingerprint density at radius 1 is 1.00 bits per heavy atom. The van der Waals surface area contributed by atoms with E-state index in [1.807, 2.05) is 27.8 Å². The zero-order valence-corrected chi connectivity index (χ0v) is 11.6. The molecule has 0 aliphatic carbocycles. The van der Waals surface area contributed by atoms with E-state index in [0.717, 1.165) is 6.54 Å². The van der Waals surface area contributed by atoms with Crippen LogP contribution >= 0.6 is 0 Å². The van der Waals surface area contributed by atoms with E-state index in [1.165, 1.54) is 0 Å². The fraction of sp³-hybridized carbons (Fsp3) is 1.00. The molecule has 0 fully saturated rings. The van der Waals surface area contributed by atoms with Gasteiger partial charge in [-0.1, -0.05) is 6.92 Å². The summed E-state index contributed by atoms with van der Waals surface area (Å²) in [4.78, 5) is 0. The van der Waals surface area contributed by atoms with Gasteiger partial charge < -0.3 is 18.6 Å². The van der Waals surface area contributed by atoms with Gasteiger partial charge in [0.15, 0.2) is 0 Å². The van der Waals surface area contributed by atoms with Crippen molar-refractivity contribution >= 4 is 8.80 Å². The van der Waals surface area contributed by atoms with Crippen LogP contribution in [-0.2, 0) is 13.3 Å². The summed E-state index contributed by atoms with van der Waals surface area (Å²) >= 11 is 0. The summed E-state index contributed by atoms with van der Waals surface area (Å²) in [7, 11) is -0.552. The van der Waals surface area contributed by atoms with Crippen LogP contribution < -0.4 is 5.32 Å². The minimum absolute atomic E-state index is 0.280. The van der Waals surface area contributed by atoms with Crippen LogP contribution in [0.25, 0.3) is 0 Å². The smallest absolute Gasteiger partial charge is 0.374 e. The zero-order valence-electron chi connectivity index (χ0n) is 10.6. The largest absolute Gasteiger partial charge is 0.505 e.